The van der Waals surface area contributed by atoms with E-state index in [1.54, 1.807) is 18.3 Å². The molecule has 0 saturated heterocycles. The lowest BCUT2D eigenvalue weighted by atomic mass is 10.0. The smallest absolute Gasteiger partial charge is 0.315 e. The largest absolute Gasteiger partial charge is 0.481 e. The van der Waals surface area contributed by atoms with Crippen LogP contribution in [0.3, 0.4) is 0 Å². The first kappa shape index (κ1) is 12.3. The van der Waals surface area contributed by atoms with Crippen LogP contribution in [0.2, 0.25) is 0 Å². The molecule has 1 aromatic carbocycles. The SMILES string of the molecule is O=C(O)C1(c2nn(-c3cccc(F)c3)cc2Br)CC1. The second-order valence-corrected chi connectivity index (χ2v) is 5.49. The van der Waals surface area contributed by atoms with Gasteiger partial charge in [-0.2, -0.15) is 5.10 Å². The van der Waals surface area contributed by atoms with Gasteiger partial charge < -0.3 is 5.11 Å². The van der Waals surface area contributed by atoms with Crippen LogP contribution in [-0.4, -0.2) is 20.9 Å². The Morgan fingerprint density at radius 1 is 1.47 bits per heavy atom. The van der Waals surface area contributed by atoms with Crippen molar-refractivity contribution in [3.05, 3.63) is 46.4 Å². The molecule has 2 aromatic rings. The fourth-order valence-corrected chi connectivity index (χ4v) is 2.76. The van der Waals surface area contributed by atoms with Gasteiger partial charge in [0, 0.05) is 6.20 Å². The number of rotatable bonds is 3. The Bertz CT molecular complexity index is 664. The molecule has 0 amide bonds. The van der Waals surface area contributed by atoms with Crippen molar-refractivity contribution in [2.45, 2.75) is 18.3 Å². The van der Waals surface area contributed by atoms with Crippen molar-refractivity contribution >= 4 is 21.9 Å². The Kier molecular flexibility index (Phi) is 2.70. The molecule has 1 aliphatic rings. The first-order valence-electron chi connectivity index (χ1n) is 5.78. The molecule has 0 atom stereocenters. The quantitative estimate of drug-likeness (QED) is 0.944. The zero-order valence-electron chi connectivity index (χ0n) is 9.81. The highest BCUT2D eigenvalue weighted by Crippen LogP contribution is 2.50. The summed E-state index contributed by atoms with van der Waals surface area (Å²) in [5.74, 6) is -1.22. The predicted molar refractivity (Wildman–Crippen MR) is 69.8 cm³/mol. The van der Waals surface area contributed by atoms with Crippen LogP contribution < -0.4 is 0 Å². The maximum absolute atomic E-state index is 13.2. The summed E-state index contributed by atoms with van der Waals surface area (Å²) >= 11 is 3.34. The van der Waals surface area contributed by atoms with E-state index in [4.69, 9.17) is 0 Å². The summed E-state index contributed by atoms with van der Waals surface area (Å²) in [5, 5.41) is 13.6. The molecule has 1 heterocycles. The maximum Gasteiger partial charge on any atom is 0.315 e. The van der Waals surface area contributed by atoms with Crippen LogP contribution in [0.25, 0.3) is 5.69 Å². The molecule has 0 spiro atoms. The van der Waals surface area contributed by atoms with Crippen LogP contribution in [0, 0.1) is 5.82 Å². The molecule has 0 radical (unpaired) electrons. The average molecular weight is 325 g/mol. The molecule has 19 heavy (non-hydrogen) atoms. The predicted octanol–water partition coefficient (Wildman–Crippen LogP) is 2.89. The third-order valence-electron chi connectivity index (χ3n) is 3.36. The highest BCUT2D eigenvalue weighted by Gasteiger charge is 2.54. The molecule has 0 unspecified atom stereocenters. The lowest BCUT2D eigenvalue weighted by molar-refractivity contribution is -0.140. The Morgan fingerprint density at radius 3 is 2.79 bits per heavy atom. The van der Waals surface area contributed by atoms with Gasteiger partial charge in [-0.3, -0.25) is 4.79 Å². The number of hydrogen-bond acceptors (Lipinski definition) is 2. The molecule has 1 aromatic heterocycles. The van der Waals surface area contributed by atoms with Crippen LogP contribution in [-0.2, 0) is 10.2 Å². The van der Waals surface area contributed by atoms with E-state index in [0.717, 1.165) is 0 Å². The molecule has 1 N–H and O–H groups in total. The van der Waals surface area contributed by atoms with Gasteiger partial charge in [0.15, 0.2) is 0 Å². The first-order chi connectivity index (χ1) is 9.03. The highest BCUT2D eigenvalue weighted by atomic mass is 79.9. The summed E-state index contributed by atoms with van der Waals surface area (Å²) in [4.78, 5) is 11.3. The monoisotopic (exact) mass is 324 g/mol. The van der Waals surface area contributed by atoms with Gasteiger partial charge in [-0.15, -0.1) is 0 Å². The summed E-state index contributed by atoms with van der Waals surface area (Å²) < 4.78 is 15.3. The molecule has 6 heteroatoms. The number of hydrogen-bond donors (Lipinski definition) is 1. The zero-order chi connectivity index (χ0) is 13.6. The maximum atomic E-state index is 13.2. The van der Waals surface area contributed by atoms with Gasteiger partial charge >= 0.3 is 5.97 Å². The van der Waals surface area contributed by atoms with Crippen LogP contribution in [0.4, 0.5) is 4.39 Å². The van der Waals surface area contributed by atoms with Crippen molar-refractivity contribution in [1.82, 2.24) is 9.78 Å². The lowest BCUT2D eigenvalue weighted by Gasteiger charge is -2.06. The number of carboxylic acids is 1. The van der Waals surface area contributed by atoms with E-state index in [-0.39, 0.29) is 5.82 Å². The van der Waals surface area contributed by atoms with Gasteiger partial charge in [0.25, 0.3) is 0 Å². The van der Waals surface area contributed by atoms with Crippen molar-refractivity contribution in [2.75, 3.05) is 0 Å². The Labute approximate surface area is 117 Å². The van der Waals surface area contributed by atoms with Gasteiger partial charge in [0.2, 0.25) is 0 Å². The molecule has 0 bridgehead atoms. The van der Waals surface area contributed by atoms with E-state index in [1.807, 2.05) is 0 Å². The van der Waals surface area contributed by atoms with E-state index in [9.17, 15) is 14.3 Å². The number of halogens is 2. The third kappa shape index (κ3) is 1.96. The highest BCUT2D eigenvalue weighted by molar-refractivity contribution is 9.10. The van der Waals surface area contributed by atoms with Crippen molar-refractivity contribution in [1.29, 1.82) is 0 Å². The van der Waals surface area contributed by atoms with Crippen LogP contribution in [0.1, 0.15) is 18.5 Å². The molecular formula is C13H10BrFN2O2. The number of aromatic nitrogens is 2. The summed E-state index contributed by atoms with van der Waals surface area (Å²) in [7, 11) is 0. The number of benzene rings is 1. The van der Waals surface area contributed by atoms with Gasteiger partial charge in [-0.25, -0.2) is 9.07 Å². The minimum Gasteiger partial charge on any atom is -0.481 e. The van der Waals surface area contributed by atoms with Gasteiger partial charge in [0.1, 0.15) is 11.2 Å². The molecule has 0 aliphatic heterocycles. The van der Waals surface area contributed by atoms with Gasteiger partial charge in [-0.1, -0.05) is 6.07 Å². The van der Waals surface area contributed by atoms with E-state index < -0.39 is 11.4 Å². The van der Waals surface area contributed by atoms with Crippen molar-refractivity contribution < 1.29 is 14.3 Å². The van der Waals surface area contributed by atoms with E-state index >= 15 is 0 Å². The number of nitrogens with zero attached hydrogens (tertiary/aromatic N) is 2. The second-order valence-electron chi connectivity index (χ2n) is 4.64. The minimum absolute atomic E-state index is 0.356. The standard InChI is InChI=1S/C13H10BrFN2O2/c14-10-7-17(9-3-1-2-8(15)6-9)16-11(10)13(4-5-13)12(18)19/h1-3,6-7H,4-5H2,(H,18,19). The molecule has 98 valence electrons. The Hall–Kier alpha value is -1.69. The molecule has 4 nitrogen and oxygen atoms in total. The molecule has 1 saturated carbocycles. The number of carbonyl (C=O) groups is 1. The van der Waals surface area contributed by atoms with E-state index in [0.29, 0.717) is 28.7 Å². The minimum atomic E-state index is -0.878. The van der Waals surface area contributed by atoms with Crippen LogP contribution >= 0.6 is 15.9 Å². The Morgan fingerprint density at radius 2 is 2.21 bits per heavy atom. The normalized spacial score (nSPS) is 16.3. The molecule has 1 fully saturated rings. The van der Waals surface area contributed by atoms with Crippen LogP contribution in [0.15, 0.2) is 34.9 Å². The third-order valence-corrected chi connectivity index (χ3v) is 3.94. The first-order valence-corrected chi connectivity index (χ1v) is 6.57. The van der Waals surface area contributed by atoms with Gasteiger partial charge in [-0.05, 0) is 47.0 Å². The summed E-state index contributed by atoms with van der Waals surface area (Å²) in [6.45, 7) is 0. The summed E-state index contributed by atoms with van der Waals surface area (Å²) in [6.07, 6.45) is 2.83. The van der Waals surface area contributed by atoms with Gasteiger partial charge in [0.05, 0.1) is 15.9 Å². The number of carboxylic acid groups (broad SMARTS) is 1. The lowest BCUT2D eigenvalue weighted by Crippen LogP contribution is -2.20. The summed E-state index contributed by atoms with van der Waals surface area (Å²) in [5.41, 5.74) is 0.189. The average Bonchev–Trinajstić information content (AvgIpc) is 3.08. The second kappa shape index (κ2) is 4.16. The fraction of sp³-hybridized carbons (Fsp3) is 0.231. The fourth-order valence-electron chi connectivity index (χ4n) is 2.11. The zero-order valence-corrected chi connectivity index (χ0v) is 11.4. The van der Waals surface area contributed by atoms with Crippen LogP contribution in [0.5, 0.6) is 0 Å². The topological polar surface area (TPSA) is 55.1 Å². The van der Waals surface area contributed by atoms with E-state index in [1.165, 1.54) is 16.8 Å². The van der Waals surface area contributed by atoms with Crippen molar-refractivity contribution in [3.8, 4) is 5.69 Å². The number of aliphatic carboxylic acids is 1. The summed E-state index contributed by atoms with van der Waals surface area (Å²) in [6, 6.07) is 6.00. The Balaban J connectivity index is 2.05. The molecule has 1 aliphatic carbocycles. The van der Waals surface area contributed by atoms with E-state index in [2.05, 4.69) is 21.0 Å². The molecule has 3 rings (SSSR count). The van der Waals surface area contributed by atoms with Crippen molar-refractivity contribution in [3.63, 3.8) is 0 Å². The van der Waals surface area contributed by atoms with Crippen molar-refractivity contribution in [2.24, 2.45) is 0 Å². The molecular weight excluding hydrogens is 315 g/mol.